The van der Waals surface area contributed by atoms with E-state index in [1.165, 1.54) is 36.3 Å². The van der Waals surface area contributed by atoms with Gasteiger partial charge in [0.2, 0.25) is 0 Å². The Morgan fingerprint density at radius 1 is 1.05 bits per heavy atom. The van der Waals surface area contributed by atoms with Crippen LogP contribution in [0.2, 0.25) is 0 Å². The van der Waals surface area contributed by atoms with Crippen LogP contribution in [0.4, 0.5) is 23.2 Å². The van der Waals surface area contributed by atoms with Crippen LogP contribution in [-0.4, -0.2) is 59.8 Å². The Bertz CT molecular complexity index is 1710. The van der Waals surface area contributed by atoms with Crippen LogP contribution in [0.15, 0.2) is 65.8 Å². The largest absolute Gasteiger partial charge is 0.465 e. The summed E-state index contributed by atoms with van der Waals surface area (Å²) < 4.78 is 60.9. The highest BCUT2D eigenvalue weighted by Crippen LogP contribution is 2.34. The van der Waals surface area contributed by atoms with Crippen LogP contribution in [0, 0.1) is 5.82 Å². The van der Waals surface area contributed by atoms with Gasteiger partial charge in [-0.2, -0.15) is 13.2 Å². The standard InChI is InChI=1S/C30H27F4N5O4/c1-37(2)12-13-38-25-10-8-20(30(32,33)34)14-23(25)35-26(38)16-39-24-11-9-21(31)15-22(24)27(28(39)40)36-43-17-18-4-6-19(7-5-18)29(41)42-3/h4-11,14-15H,12-13,16-17H2,1-3H3/b36-27+. The van der Waals surface area contributed by atoms with Crippen LogP contribution < -0.4 is 4.90 Å². The number of halogens is 4. The zero-order valence-electron chi connectivity index (χ0n) is 23.5. The number of aromatic nitrogens is 2. The minimum absolute atomic E-state index is 0.0370. The molecule has 2 heterocycles. The van der Waals surface area contributed by atoms with Crippen molar-refractivity contribution in [2.24, 2.45) is 5.16 Å². The molecule has 0 saturated heterocycles. The molecule has 1 amide bonds. The van der Waals surface area contributed by atoms with E-state index in [4.69, 9.17) is 4.84 Å². The lowest BCUT2D eigenvalue weighted by atomic mass is 10.1. The zero-order chi connectivity index (χ0) is 30.9. The monoisotopic (exact) mass is 597 g/mol. The van der Waals surface area contributed by atoms with Crippen molar-refractivity contribution in [3.8, 4) is 0 Å². The second-order valence-corrected chi connectivity index (χ2v) is 10.1. The minimum atomic E-state index is -4.54. The van der Waals surface area contributed by atoms with E-state index in [1.54, 1.807) is 28.8 Å². The second kappa shape index (κ2) is 11.8. The predicted octanol–water partition coefficient (Wildman–Crippen LogP) is 5.01. The Kier molecular flexibility index (Phi) is 8.18. The van der Waals surface area contributed by atoms with Gasteiger partial charge in [0.1, 0.15) is 18.2 Å². The Morgan fingerprint density at radius 3 is 2.47 bits per heavy atom. The number of anilines is 1. The number of imidazole rings is 1. The number of fused-ring (bicyclic) bond motifs is 2. The van der Waals surface area contributed by atoms with Crippen LogP contribution in [0.5, 0.6) is 0 Å². The van der Waals surface area contributed by atoms with E-state index < -0.39 is 29.4 Å². The fraction of sp³-hybridized carbons (Fsp3) is 0.267. The van der Waals surface area contributed by atoms with Crippen molar-refractivity contribution in [2.45, 2.75) is 25.9 Å². The molecule has 1 aliphatic rings. The summed E-state index contributed by atoms with van der Waals surface area (Å²) in [6, 6.07) is 13.6. The molecular weight excluding hydrogens is 570 g/mol. The van der Waals surface area contributed by atoms with Crippen molar-refractivity contribution < 1.29 is 36.7 Å². The molecule has 0 N–H and O–H groups in total. The van der Waals surface area contributed by atoms with Crippen LogP contribution in [0.1, 0.15) is 32.9 Å². The Hall–Kier alpha value is -4.78. The molecule has 13 heteroatoms. The molecule has 0 spiro atoms. The number of esters is 1. The van der Waals surface area contributed by atoms with Gasteiger partial charge in [0.15, 0.2) is 5.71 Å². The van der Waals surface area contributed by atoms with Gasteiger partial charge in [0.25, 0.3) is 5.91 Å². The van der Waals surface area contributed by atoms with Crippen LogP contribution in [0.25, 0.3) is 11.0 Å². The van der Waals surface area contributed by atoms with Gasteiger partial charge in [-0.1, -0.05) is 17.3 Å². The molecule has 0 unspecified atom stereocenters. The van der Waals surface area contributed by atoms with Gasteiger partial charge in [-0.05, 0) is 68.2 Å². The van der Waals surface area contributed by atoms with Crippen molar-refractivity contribution >= 4 is 34.3 Å². The fourth-order valence-corrected chi connectivity index (χ4v) is 4.72. The molecule has 9 nitrogen and oxygen atoms in total. The number of nitrogens with zero attached hydrogens (tertiary/aromatic N) is 5. The van der Waals surface area contributed by atoms with Gasteiger partial charge >= 0.3 is 12.1 Å². The molecule has 1 aliphatic heterocycles. The third-order valence-electron chi connectivity index (χ3n) is 6.94. The van der Waals surface area contributed by atoms with Crippen LogP contribution >= 0.6 is 0 Å². The van der Waals surface area contributed by atoms with E-state index in [1.807, 2.05) is 19.0 Å². The molecular formula is C30H27F4N5O4. The lowest BCUT2D eigenvalue weighted by Crippen LogP contribution is -2.31. The molecule has 0 bridgehead atoms. The van der Waals surface area contributed by atoms with Crippen molar-refractivity contribution in [2.75, 3.05) is 32.6 Å². The van der Waals surface area contributed by atoms with E-state index >= 15 is 0 Å². The maximum Gasteiger partial charge on any atom is 0.416 e. The van der Waals surface area contributed by atoms with E-state index in [2.05, 4.69) is 14.9 Å². The molecule has 3 aromatic carbocycles. The number of hydrogen-bond acceptors (Lipinski definition) is 7. The topological polar surface area (TPSA) is 89.3 Å². The van der Waals surface area contributed by atoms with Crippen LogP contribution in [-0.2, 0) is 40.2 Å². The first-order valence-electron chi connectivity index (χ1n) is 13.2. The SMILES string of the molecule is COC(=O)c1ccc(CO/N=C2/C(=O)N(Cc3nc4cc(C(F)(F)F)ccc4n3CCN(C)C)c3ccc(F)cc32)cc1. The summed E-state index contributed by atoms with van der Waals surface area (Å²) >= 11 is 0. The van der Waals surface area contributed by atoms with Gasteiger partial charge in [-0.15, -0.1) is 0 Å². The molecule has 1 aromatic heterocycles. The highest BCUT2D eigenvalue weighted by Gasteiger charge is 2.36. The van der Waals surface area contributed by atoms with Gasteiger partial charge < -0.3 is 19.0 Å². The summed E-state index contributed by atoms with van der Waals surface area (Å²) in [6.07, 6.45) is -4.54. The Balaban J connectivity index is 1.44. The molecule has 0 radical (unpaired) electrons. The van der Waals surface area contributed by atoms with Crippen molar-refractivity contribution in [3.63, 3.8) is 0 Å². The molecule has 0 aliphatic carbocycles. The number of methoxy groups -OCH3 is 1. The van der Waals surface area contributed by atoms with Gasteiger partial charge in [-0.25, -0.2) is 14.2 Å². The third-order valence-corrected chi connectivity index (χ3v) is 6.94. The maximum atomic E-state index is 14.3. The van der Waals surface area contributed by atoms with Gasteiger partial charge in [0, 0.05) is 18.7 Å². The highest BCUT2D eigenvalue weighted by molar-refractivity contribution is 6.54. The number of likely N-dealkylation sites (N-methyl/N-ethyl adjacent to an activating group) is 1. The molecule has 0 fully saturated rings. The lowest BCUT2D eigenvalue weighted by molar-refractivity contribution is -0.137. The predicted molar refractivity (Wildman–Crippen MR) is 150 cm³/mol. The molecule has 224 valence electrons. The lowest BCUT2D eigenvalue weighted by Gasteiger charge is -2.19. The number of alkyl halides is 3. The summed E-state index contributed by atoms with van der Waals surface area (Å²) in [5, 5.41) is 4.02. The summed E-state index contributed by atoms with van der Waals surface area (Å²) in [5.41, 5.74) is 1.27. The number of hydrogen-bond donors (Lipinski definition) is 0. The Morgan fingerprint density at radius 2 is 1.79 bits per heavy atom. The summed E-state index contributed by atoms with van der Waals surface area (Å²) in [5.74, 6) is -1.30. The number of ether oxygens (including phenoxy) is 1. The van der Waals surface area contributed by atoms with Crippen molar-refractivity contribution in [1.82, 2.24) is 14.5 Å². The van der Waals surface area contributed by atoms with E-state index in [0.717, 1.165) is 12.1 Å². The first-order chi connectivity index (χ1) is 20.5. The second-order valence-electron chi connectivity index (χ2n) is 10.1. The highest BCUT2D eigenvalue weighted by atomic mass is 19.4. The van der Waals surface area contributed by atoms with Gasteiger partial charge in [-0.3, -0.25) is 9.69 Å². The quantitative estimate of drug-likeness (QED) is 0.153. The number of rotatable bonds is 9. The smallest absolute Gasteiger partial charge is 0.416 e. The maximum absolute atomic E-state index is 14.3. The third kappa shape index (κ3) is 6.21. The molecule has 5 rings (SSSR count). The zero-order valence-corrected chi connectivity index (χ0v) is 23.5. The number of carbonyl (C=O) groups excluding carboxylic acids is 2. The van der Waals surface area contributed by atoms with E-state index in [-0.39, 0.29) is 29.9 Å². The number of amides is 1. The Labute approximate surface area is 243 Å². The molecule has 0 atom stereocenters. The van der Waals surface area contributed by atoms with E-state index in [0.29, 0.717) is 41.2 Å². The number of carbonyl (C=O) groups is 2. The van der Waals surface area contributed by atoms with Crippen LogP contribution in [0.3, 0.4) is 0 Å². The first-order valence-corrected chi connectivity index (χ1v) is 13.2. The minimum Gasteiger partial charge on any atom is -0.465 e. The first kappa shape index (κ1) is 29.7. The summed E-state index contributed by atoms with van der Waals surface area (Å²) in [4.78, 5) is 38.4. The molecule has 43 heavy (non-hydrogen) atoms. The normalized spacial score (nSPS) is 14.2. The number of oxime groups is 1. The van der Waals surface area contributed by atoms with Crippen molar-refractivity contribution in [3.05, 3.63) is 94.6 Å². The van der Waals surface area contributed by atoms with Crippen molar-refractivity contribution in [1.29, 1.82) is 0 Å². The number of benzene rings is 3. The average Bonchev–Trinajstić information content (AvgIpc) is 3.44. The summed E-state index contributed by atoms with van der Waals surface area (Å²) in [6.45, 7) is 0.831. The van der Waals surface area contributed by atoms with Gasteiger partial charge in [0.05, 0.1) is 41.5 Å². The van der Waals surface area contributed by atoms with E-state index in [9.17, 15) is 27.2 Å². The summed E-state index contributed by atoms with van der Waals surface area (Å²) in [7, 11) is 5.01. The molecule has 4 aromatic rings. The molecule has 0 saturated carbocycles. The average molecular weight is 598 g/mol. The fourth-order valence-electron chi connectivity index (χ4n) is 4.72.